The SMILES string of the molecule is CCOCCOCc1cccc(NC(=O)NC2CCCCC2C)c1. The normalized spacial score (nSPS) is 20.6. The van der Waals surface area contributed by atoms with Gasteiger partial charge in [0.15, 0.2) is 0 Å². The Hall–Kier alpha value is -1.59. The van der Waals surface area contributed by atoms with Crippen molar-refractivity contribution in [3.05, 3.63) is 29.8 Å². The van der Waals surface area contributed by atoms with Gasteiger partial charge in [0, 0.05) is 18.3 Å². The van der Waals surface area contributed by atoms with Crippen LogP contribution in [0.15, 0.2) is 24.3 Å². The van der Waals surface area contributed by atoms with Crippen LogP contribution in [-0.4, -0.2) is 31.9 Å². The van der Waals surface area contributed by atoms with Crippen LogP contribution in [0, 0.1) is 5.92 Å². The number of ether oxygens (including phenoxy) is 2. The average Bonchev–Trinajstić information content (AvgIpc) is 2.57. The molecule has 1 fully saturated rings. The van der Waals surface area contributed by atoms with Crippen molar-refractivity contribution in [3.8, 4) is 0 Å². The molecule has 2 amide bonds. The van der Waals surface area contributed by atoms with Gasteiger partial charge in [-0.15, -0.1) is 0 Å². The van der Waals surface area contributed by atoms with Crippen molar-refractivity contribution < 1.29 is 14.3 Å². The molecular weight excluding hydrogens is 304 g/mol. The predicted octanol–water partition coefficient (Wildman–Crippen LogP) is 3.94. The second kappa shape index (κ2) is 10.3. The molecule has 0 radical (unpaired) electrons. The van der Waals surface area contributed by atoms with Crippen LogP contribution >= 0.6 is 0 Å². The number of amides is 2. The van der Waals surface area contributed by atoms with Crippen molar-refractivity contribution in [2.45, 2.75) is 52.2 Å². The summed E-state index contributed by atoms with van der Waals surface area (Å²) in [4.78, 5) is 12.2. The summed E-state index contributed by atoms with van der Waals surface area (Å²) in [5.41, 5.74) is 1.83. The first-order valence-corrected chi connectivity index (χ1v) is 9.01. The van der Waals surface area contributed by atoms with E-state index in [0.717, 1.165) is 17.7 Å². The molecule has 0 aromatic heterocycles. The zero-order chi connectivity index (χ0) is 17.2. The Kier molecular flexibility index (Phi) is 8.05. The molecule has 2 unspecified atom stereocenters. The van der Waals surface area contributed by atoms with Gasteiger partial charge in [-0.2, -0.15) is 0 Å². The highest BCUT2D eigenvalue weighted by Crippen LogP contribution is 2.23. The summed E-state index contributed by atoms with van der Waals surface area (Å²) in [5.74, 6) is 0.551. The fraction of sp³-hybridized carbons (Fsp3) is 0.632. The van der Waals surface area contributed by atoms with E-state index in [1.807, 2.05) is 31.2 Å². The Morgan fingerprint density at radius 3 is 2.79 bits per heavy atom. The third-order valence-corrected chi connectivity index (χ3v) is 4.46. The van der Waals surface area contributed by atoms with Crippen molar-refractivity contribution in [1.82, 2.24) is 5.32 Å². The van der Waals surface area contributed by atoms with Gasteiger partial charge in [-0.1, -0.05) is 31.9 Å². The van der Waals surface area contributed by atoms with E-state index in [4.69, 9.17) is 9.47 Å². The molecule has 1 aliphatic carbocycles. The van der Waals surface area contributed by atoms with Crippen LogP contribution in [0.1, 0.15) is 45.1 Å². The summed E-state index contributed by atoms with van der Waals surface area (Å²) < 4.78 is 10.8. The number of hydrogen-bond acceptors (Lipinski definition) is 3. The van der Waals surface area contributed by atoms with Crippen LogP contribution in [0.3, 0.4) is 0 Å². The molecular formula is C19H30N2O3. The Morgan fingerprint density at radius 1 is 1.21 bits per heavy atom. The van der Waals surface area contributed by atoms with Gasteiger partial charge in [-0.05, 0) is 43.4 Å². The van der Waals surface area contributed by atoms with E-state index in [0.29, 0.717) is 32.3 Å². The molecule has 1 saturated carbocycles. The molecule has 0 heterocycles. The maximum absolute atomic E-state index is 12.2. The summed E-state index contributed by atoms with van der Waals surface area (Å²) in [6.45, 7) is 6.59. The number of urea groups is 1. The van der Waals surface area contributed by atoms with Gasteiger partial charge >= 0.3 is 6.03 Å². The van der Waals surface area contributed by atoms with Crippen molar-refractivity contribution in [2.75, 3.05) is 25.1 Å². The van der Waals surface area contributed by atoms with E-state index in [-0.39, 0.29) is 12.1 Å². The molecule has 5 heteroatoms. The second-order valence-electron chi connectivity index (χ2n) is 6.42. The lowest BCUT2D eigenvalue weighted by Crippen LogP contribution is -2.43. The molecule has 1 aromatic carbocycles. The van der Waals surface area contributed by atoms with E-state index >= 15 is 0 Å². The summed E-state index contributed by atoms with van der Waals surface area (Å²) in [6.07, 6.45) is 4.73. The Morgan fingerprint density at radius 2 is 2.00 bits per heavy atom. The lowest BCUT2D eigenvalue weighted by molar-refractivity contribution is 0.0453. The fourth-order valence-electron chi connectivity index (χ4n) is 3.06. The van der Waals surface area contributed by atoms with Gasteiger partial charge in [0.25, 0.3) is 0 Å². The summed E-state index contributed by atoms with van der Waals surface area (Å²) >= 11 is 0. The van der Waals surface area contributed by atoms with Crippen LogP contribution < -0.4 is 10.6 Å². The van der Waals surface area contributed by atoms with Gasteiger partial charge in [0.05, 0.1) is 19.8 Å². The Bertz CT molecular complexity index is 507. The van der Waals surface area contributed by atoms with E-state index in [1.54, 1.807) is 0 Å². The van der Waals surface area contributed by atoms with Crippen LogP contribution in [0.4, 0.5) is 10.5 Å². The lowest BCUT2D eigenvalue weighted by atomic mass is 9.86. The first-order valence-electron chi connectivity index (χ1n) is 9.01. The van der Waals surface area contributed by atoms with Crippen LogP contribution in [0.25, 0.3) is 0 Å². The van der Waals surface area contributed by atoms with Gasteiger partial charge in [-0.25, -0.2) is 4.79 Å². The smallest absolute Gasteiger partial charge is 0.319 e. The topological polar surface area (TPSA) is 59.6 Å². The van der Waals surface area contributed by atoms with Crippen molar-refractivity contribution in [3.63, 3.8) is 0 Å². The molecule has 1 aliphatic rings. The minimum atomic E-state index is -0.122. The molecule has 24 heavy (non-hydrogen) atoms. The van der Waals surface area contributed by atoms with Crippen molar-refractivity contribution >= 4 is 11.7 Å². The maximum Gasteiger partial charge on any atom is 0.319 e. The standard InChI is InChI=1S/C19H30N2O3/c1-3-23-11-12-24-14-16-8-6-9-17(13-16)20-19(22)21-18-10-5-4-7-15(18)2/h6,8-9,13,15,18H,3-5,7,10-12,14H2,1-2H3,(H2,20,21,22). The third kappa shape index (κ3) is 6.49. The average molecular weight is 334 g/mol. The highest BCUT2D eigenvalue weighted by molar-refractivity contribution is 5.89. The van der Waals surface area contributed by atoms with E-state index < -0.39 is 0 Å². The molecule has 2 N–H and O–H groups in total. The van der Waals surface area contributed by atoms with Crippen LogP contribution in [0.2, 0.25) is 0 Å². The predicted molar refractivity (Wildman–Crippen MR) is 96.2 cm³/mol. The molecule has 2 rings (SSSR count). The maximum atomic E-state index is 12.2. The van der Waals surface area contributed by atoms with Crippen LogP contribution in [-0.2, 0) is 16.1 Å². The zero-order valence-electron chi connectivity index (χ0n) is 14.8. The van der Waals surface area contributed by atoms with E-state index in [9.17, 15) is 4.79 Å². The molecule has 0 saturated heterocycles. The number of rotatable bonds is 8. The quantitative estimate of drug-likeness (QED) is 0.708. The lowest BCUT2D eigenvalue weighted by Gasteiger charge is -2.29. The number of carbonyl (C=O) groups excluding carboxylic acids is 1. The molecule has 0 bridgehead atoms. The molecule has 0 spiro atoms. The molecule has 1 aromatic rings. The minimum absolute atomic E-state index is 0.122. The minimum Gasteiger partial charge on any atom is -0.379 e. The third-order valence-electron chi connectivity index (χ3n) is 4.46. The van der Waals surface area contributed by atoms with Crippen molar-refractivity contribution in [1.29, 1.82) is 0 Å². The van der Waals surface area contributed by atoms with Gasteiger partial charge in [0.2, 0.25) is 0 Å². The van der Waals surface area contributed by atoms with Gasteiger partial charge in [-0.3, -0.25) is 0 Å². The van der Waals surface area contributed by atoms with Gasteiger partial charge < -0.3 is 20.1 Å². The fourth-order valence-corrected chi connectivity index (χ4v) is 3.06. The number of carbonyl (C=O) groups is 1. The second-order valence-corrected chi connectivity index (χ2v) is 6.42. The number of nitrogens with one attached hydrogen (secondary N) is 2. The van der Waals surface area contributed by atoms with E-state index in [2.05, 4.69) is 17.6 Å². The zero-order valence-corrected chi connectivity index (χ0v) is 14.8. The first-order chi connectivity index (χ1) is 11.7. The van der Waals surface area contributed by atoms with Crippen molar-refractivity contribution in [2.24, 2.45) is 5.92 Å². The summed E-state index contributed by atoms with van der Waals surface area (Å²) in [7, 11) is 0. The van der Waals surface area contributed by atoms with Crippen LogP contribution in [0.5, 0.6) is 0 Å². The Labute approximate surface area is 145 Å². The number of benzene rings is 1. The Balaban J connectivity index is 1.77. The monoisotopic (exact) mass is 334 g/mol. The molecule has 2 atom stereocenters. The highest BCUT2D eigenvalue weighted by Gasteiger charge is 2.22. The largest absolute Gasteiger partial charge is 0.379 e. The van der Waals surface area contributed by atoms with E-state index in [1.165, 1.54) is 19.3 Å². The summed E-state index contributed by atoms with van der Waals surface area (Å²) in [5, 5.41) is 6.04. The molecule has 0 aliphatic heterocycles. The first kappa shape index (κ1) is 18.7. The number of anilines is 1. The molecule has 134 valence electrons. The van der Waals surface area contributed by atoms with Gasteiger partial charge in [0.1, 0.15) is 0 Å². The molecule has 5 nitrogen and oxygen atoms in total. The number of hydrogen-bond donors (Lipinski definition) is 2. The highest BCUT2D eigenvalue weighted by atomic mass is 16.5. The summed E-state index contributed by atoms with van der Waals surface area (Å²) in [6, 6.07) is 7.93.